The maximum absolute atomic E-state index is 13.3. The largest absolute Gasteiger partial charge is 0.299 e. The Kier molecular flexibility index (Phi) is 8.45. The van der Waals surface area contributed by atoms with Crippen LogP contribution in [-0.4, -0.2) is 9.19 Å². The second-order valence-electron chi connectivity index (χ2n) is 8.58. The number of benzene rings is 3. The highest BCUT2D eigenvalue weighted by molar-refractivity contribution is 8.33. The van der Waals surface area contributed by atoms with Gasteiger partial charge >= 0.3 is 0 Å². The minimum absolute atomic E-state index is 0.000105. The molecule has 2 atom stereocenters. The van der Waals surface area contributed by atoms with Gasteiger partial charge in [0.05, 0.1) is 0 Å². The van der Waals surface area contributed by atoms with Crippen LogP contribution >= 0.6 is 35.3 Å². The topological polar surface area (TPSA) is 17.1 Å². The summed E-state index contributed by atoms with van der Waals surface area (Å²) in [6.07, 6.45) is 3.46. The summed E-state index contributed by atoms with van der Waals surface area (Å²) in [5.41, 5.74) is 1.09. The van der Waals surface area contributed by atoms with Crippen molar-refractivity contribution < 1.29 is 4.79 Å². The van der Waals surface area contributed by atoms with Gasteiger partial charge in [0.15, 0.2) is 0 Å². The summed E-state index contributed by atoms with van der Waals surface area (Å²) in [7, 11) is 0. The van der Waals surface area contributed by atoms with Crippen molar-refractivity contribution in [2.75, 3.05) is 0 Å². The highest BCUT2D eigenvalue weighted by Crippen LogP contribution is 2.63. The number of hydrogen-bond donors (Lipinski definition) is 0. The van der Waals surface area contributed by atoms with E-state index in [0.717, 1.165) is 24.8 Å². The number of Topliss-reactive ketones (excluding diaryl/α,β-unsaturated/α-hetero) is 1. The summed E-state index contributed by atoms with van der Waals surface area (Å²) in [4.78, 5) is 17.0. The summed E-state index contributed by atoms with van der Waals surface area (Å²) in [5.74, 6) is 0.616. The van der Waals surface area contributed by atoms with Gasteiger partial charge in [0.2, 0.25) is 0 Å². The molecular weight excluding hydrogens is 461 g/mol. The van der Waals surface area contributed by atoms with Gasteiger partial charge in [0, 0.05) is 32.9 Å². The number of thioether (sulfide) groups is 3. The van der Waals surface area contributed by atoms with Gasteiger partial charge in [-0.05, 0) is 62.6 Å². The number of carbonyl (C=O) groups excluding carboxylic acids is 1. The molecule has 0 spiro atoms. The summed E-state index contributed by atoms with van der Waals surface area (Å²) >= 11 is 5.73. The molecule has 4 heteroatoms. The minimum atomic E-state index is -0.291. The molecule has 1 aliphatic carbocycles. The van der Waals surface area contributed by atoms with Crippen molar-refractivity contribution in [1.82, 2.24) is 0 Å². The fourth-order valence-corrected chi connectivity index (χ4v) is 9.81. The SMILES string of the molecule is C=C(C)C[C@@H]1C(=O)CCC[C@H]1C(Sc1ccccc1)(Sc1ccccc1)Sc1ccccc1. The maximum atomic E-state index is 13.3. The minimum Gasteiger partial charge on any atom is -0.299 e. The van der Waals surface area contributed by atoms with Crippen LogP contribution in [0.4, 0.5) is 0 Å². The molecule has 1 fully saturated rings. The van der Waals surface area contributed by atoms with E-state index < -0.39 is 0 Å². The fourth-order valence-electron chi connectivity index (χ4n) is 4.41. The van der Waals surface area contributed by atoms with Gasteiger partial charge in [-0.25, -0.2) is 0 Å². The average Bonchev–Trinajstić information content (AvgIpc) is 2.82. The van der Waals surface area contributed by atoms with Crippen molar-refractivity contribution in [3.8, 4) is 0 Å². The van der Waals surface area contributed by atoms with E-state index in [1.54, 1.807) is 0 Å². The zero-order valence-electron chi connectivity index (χ0n) is 19.0. The molecule has 170 valence electrons. The zero-order valence-corrected chi connectivity index (χ0v) is 21.4. The van der Waals surface area contributed by atoms with Crippen LogP contribution in [0.3, 0.4) is 0 Å². The summed E-state index contributed by atoms with van der Waals surface area (Å²) in [6, 6.07) is 31.9. The molecule has 4 rings (SSSR count). The van der Waals surface area contributed by atoms with E-state index in [9.17, 15) is 4.79 Å². The first-order valence-electron chi connectivity index (χ1n) is 11.4. The van der Waals surface area contributed by atoms with Gasteiger partial charge in [0.1, 0.15) is 9.19 Å². The van der Waals surface area contributed by atoms with Crippen LogP contribution in [0.1, 0.15) is 32.6 Å². The van der Waals surface area contributed by atoms with Crippen LogP contribution in [0.25, 0.3) is 0 Å². The number of hydrogen-bond acceptors (Lipinski definition) is 4. The molecule has 3 aromatic rings. The molecular formula is C29H30OS3. The Bertz CT molecular complexity index is 949. The highest BCUT2D eigenvalue weighted by Gasteiger charge is 2.49. The molecule has 0 radical (unpaired) electrons. The van der Waals surface area contributed by atoms with Gasteiger partial charge in [0.25, 0.3) is 0 Å². The molecule has 0 saturated heterocycles. The Morgan fingerprint density at radius 3 is 1.64 bits per heavy atom. The lowest BCUT2D eigenvalue weighted by Gasteiger charge is -2.45. The third-order valence-corrected chi connectivity index (χ3v) is 10.7. The fraction of sp³-hybridized carbons (Fsp3) is 0.276. The lowest BCUT2D eigenvalue weighted by Crippen LogP contribution is -2.40. The third-order valence-electron chi connectivity index (χ3n) is 5.87. The zero-order chi connectivity index (χ0) is 23.1. The monoisotopic (exact) mass is 490 g/mol. The predicted molar refractivity (Wildman–Crippen MR) is 145 cm³/mol. The Hall–Kier alpha value is -1.88. The number of allylic oxidation sites excluding steroid dienone is 1. The van der Waals surface area contributed by atoms with E-state index in [2.05, 4.69) is 104 Å². The van der Waals surface area contributed by atoms with Crippen LogP contribution in [0, 0.1) is 11.8 Å². The van der Waals surface area contributed by atoms with Crippen LogP contribution in [0.15, 0.2) is 118 Å². The Morgan fingerprint density at radius 1 is 0.818 bits per heavy atom. The van der Waals surface area contributed by atoms with Crippen molar-refractivity contribution in [1.29, 1.82) is 0 Å². The number of carbonyl (C=O) groups is 1. The Morgan fingerprint density at radius 2 is 1.24 bits per heavy atom. The van der Waals surface area contributed by atoms with E-state index in [1.807, 2.05) is 35.3 Å². The van der Waals surface area contributed by atoms with E-state index in [4.69, 9.17) is 0 Å². The molecule has 33 heavy (non-hydrogen) atoms. The highest BCUT2D eigenvalue weighted by atomic mass is 32.3. The Balaban J connectivity index is 1.84. The van der Waals surface area contributed by atoms with E-state index in [-0.39, 0.29) is 15.2 Å². The van der Waals surface area contributed by atoms with Crippen LogP contribution in [0.2, 0.25) is 0 Å². The molecule has 0 aliphatic heterocycles. The average molecular weight is 491 g/mol. The molecule has 0 unspecified atom stereocenters. The van der Waals surface area contributed by atoms with Crippen LogP contribution in [0.5, 0.6) is 0 Å². The van der Waals surface area contributed by atoms with Crippen molar-refractivity contribution >= 4 is 41.1 Å². The molecule has 0 N–H and O–H groups in total. The van der Waals surface area contributed by atoms with Gasteiger partial charge < -0.3 is 0 Å². The number of ketones is 1. The molecule has 1 aliphatic rings. The smallest absolute Gasteiger partial charge is 0.136 e. The summed E-state index contributed by atoms with van der Waals surface area (Å²) in [6.45, 7) is 6.23. The Labute approximate surface area is 210 Å². The normalized spacial score (nSPS) is 18.8. The first kappa shape index (κ1) is 24.3. The number of rotatable bonds is 9. The molecule has 0 heterocycles. The van der Waals surface area contributed by atoms with Gasteiger partial charge in [-0.2, -0.15) is 0 Å². The van der Waals surface area contributed by atoms with E-state index >= 15 is 0 Å². The van der Waals surface area contributed by atoms with Gasteiger partial charge in [-0.3, -0.25) is 4.79 Å². The lowest BCUT2D eigenvalue weighted by molar-refractivity contribution is -0.126. The quantitative estimate of drug-likeness (QED) is 0.169. The maximum Gasteiger partial charge on any atom is 0.136 e. The molecule has 3 aromatic carbocycles. The second kappa shape index (κ2) is 11.5. The van der Waals surface area contributed by atoms with Crippen LogP contribution < -0.4 is 0 Å². The molecule has 1 saturated carbocycles. The molecule has 0 bridgehead atoms. The third kappa shape index (κ3) is 6.38. The van der Waals surface area contributed by atoms with E-state index in [0.29, 0.717) is 12.2 Å². The first-order valence-corrected chi connectivity index (χ1v) is 13.9. The lowest BCUT2D eigenvalue weighted by atomic mass is 9.76. The standard InChI is InChI=1S/C29H30OS3/c1-22(2)21-26-27(19-12-20-28(26)30)29(31-23-13-6-3-7-14-23,32-24-15-8-4-9-16-24)33-25-17-10-5-11-18-25/h3-11,13-18,26-27H,1,12,19-21H2,2H3/t26-,27+/m0/s1. The first-order chi connectivity index (χ1) is 16.1. The summed E-state index contributed by atoms with van der Waals surface area (Å²) < 4.78 is -0.291. The van der Waals surface area contributed by atoms with Crippen molar-refractivity contribution in [2.45, 2.75) is 50.7 Å². The summed E-state index contributed by atoms with van der Waals surface area (Å²) in [5, 5.41) is 0. The van der Waals surface area contributed by atoms with Gasteiger partial charge in [-0.15, -0.1) is 6.58 Å². The second-order valence-corrected chi connectivity index (χ2v) is 13.3. The van der Waals surface area contributed by atoms with Crippen molar-refractivity contribution in [3.63, 3.8) is 0 Å². The molecule has 1 nitrogen and oxygen atoms in total. The van der Waals surface area contributed by atoms with Crippen LogP contribution in [-0.2, 0) is 4.79 Å². The molecule has 0 amide bonds. The van der Waals surface area contributed by atoms with Crippen molar-refractivity contribution in [2.24, 2.45) is 11.8 Å². The van der Waals surface area contributed by atoms with E-state index in [1.165, 1.54) is 14.7 Å². The van der Waals surface area contributed by atoms with Gasteiger partial charge in [-0.1, -0.05) is 95.5 Å². The van der Waals surface area contributed by atoms with Crippen molar-refractivity contribution in [3.05, 3.63) is 103 Å². The molecule has 0 aromatic heterocycles. The predicted octanol–water partition coefficient (Wildman–Crippen LogP) is 8.97.